The minimum Gasteiger partial charge on any atom is -0.353 e. The molecule has 3 heterocycles. The molecule has 0 radical (unpaired) electrons. The van der Waals surface area contributed by atoms with E-state index >= 15 is 0 Å². The van der Waals surface area contributed by atoms with Crippen molar-refractivity contribution in [3.63, 3.8) is 0 Å². The molecular weight excluding hydrogens is 396 g/mol. The molecule has 0 aliphatic carbocycles. The third-order valence-corrected chi connectivity index (χ3v) is 5.67. The van der Waals surface area contributed by atoms with Crippen molar-refractivity contribution in [2.45, 2.75) is 33.1 Å². The van der Waals surface area contributed by atoms with Crippen molar-refractivity contribution in [1.29, 1.82) is 0 Å². The van der Waals surface area contributed by atoms with Crippen LogP contribution in [0.4, 0.5) is 20.4 Å². The Bertz CT molecular complexity index is 1020. The Balaban J connectivity index is 1.38. The number of hydrogen-bond acceptors (Lipinski definition) is 5. The Labute approximate surface area is 181 Å². The van der Waals surface area contributed by atoms with E-state index in [-0.39, 0.29) is 5.56 Å². The van der Waals surface area contributed by atoms with Gasteiger partial charge in [0, 0.05) is 51.3 Å². The summed E-state index contributed by atoms with van der Waals surface area (Å²) in [6, 6.07) is 13.7. The van der Waals surface area contributed by atoms with E-state index < -0.39 is 5.92 Å². The quantitative estimate of drug-likeness (QED) is 0.604. The zero-order chi connectivity index (χ0) is 22.0. The molecule has 0 amide bonds. The third kappa shape index (κ3) is 4.98. The van der Waals surface area contributed by atoms with Crippen LogP contribution in [0.15, 0.2) is 48.7 Å². The molecule has 31 heavy (non-hydrogen) atoms. The first-order chi connectivity index (χ1) is 14.8. The monoisotopic (exact) mass is 423 g/mol. The summed E-state index contributed by atoms with van der Waals surface area (Å²) in [4.78, 5) is 8.58. The van der Waals surface area contributed by atoms with Gasteiger partial charge in [0.1, 0.15) is 5.82 Å². The minimum absolute atomic E-state index is 0.0634. The predicted molar refractivity (Wildman–Crippen MR) is 119 cm³/mol. The van der Waals surface area contributed by atoms with Crippen molar-refractivity contribution in [1.82, 2.24) is 15.2 Å². The van der Waals surface area contributed by atoms with Gasteiger partial charge in [-0.1, -0.05) is 29.8 Å². The number of pyridine rings is 1. The van der Waals surface area contributed by atoms with Gasteiger partial charge in [-0.2, -0.15) is 5.10 Å². The molecule has 0 spiro atoms. The Kier molecular flexibility index (Phi) is 5.85. The average molecular weight is 424 g/mol. The van der Waals surface area contributed by atoms with Crippen LogP contribution in [-0.4, -0.2) is 41.4 Å². The lowest BCUT2D eigenvalue weighted by Crippen LogP contribution is -2.47. The summed E-state index contributed by atoms with van der Waals surface area (Å²) < 4.78 is 26.8. The number of aromatic nitrogens is 3. The maximum absolute atomic E-state index is 13.4. The molecule has 162 valence electrons. The maximum atomic E-state index is 13.4. The fraction of sp³-hybridized carbons (Fsp3) is 0.375. The summed E-state index contributed by atoms with van der Waals surface area (Å²) in [5.74, 6) is -1.24. The molecule has 2 aromatic heterocycles. The fourth-order valence-corrected chi connectivity index (χ4v) is 3.83. The van der Waals surface area contributed by atoms with Gasteiger partial charge in [0.25, 0.3) is 5.92 Å². The molecule has 1 fully saturated rings. The highest BCUT2D eigenvalue weighted by Crippen LogP contribution is 2.28. The van der Waals surface area contributed by atoms with Gasteiger partial charge in [-0.05, 0) is 43.2 Å². The number of aryl methyl sites for hydroxylation is 2. The molecular formula is C24H27F2N5. The highest BCUT2D eigenvalue weighted by Gasteiger charge is 2.26. The van der Waals surface area contributed by atoms with Crippen LogP contribution in [0.5, 0.6) is 0 Å². The van der Waals surface area contributed by atoms with Crippen molar-refractivity contribution in [3.8, 4) is 0 Å². The number of rotatable bonds is 5. The molecule has 1 saturated heterocycles. The fourth-order valence-electron chi connectivity index (χ4n) is 3.83. The highest BCUT2D eigenvalue weighted by atomic mass is 19.3. The zero-order valence-electron chi connectivity index (χ0n) is 18.1. The number of anilines is 2. The molecule has 0 unspecified atom stereocenters. The topological polar surface area (TPSA) is 45.2 Å². The molecule has 0 N–H and O–H groups in total. The Morgan fingerprint density at radius 2 is 1.58 bits per heavy atom. The van der Waals surface area contributed by atoms with Crippen molar-refractivity contribution in [3.05, 3.63) is 76.6 Å². The minimum atomic E-state index is -2.87. The van der Waals surface area contributed by atoms with Gasteiger partial charge in [-0.15, -0.1) is 5.10 Å². The first-order valence-electron chi connectivity index (χ1n) is 10.5. The molecule has 0 saturated carbocycles. The largest absolute Gasteiger partial charge is 0.353 e. The van der Waals surface area contributed by atoms with Crippen molar-refractivity contribution < 1.29 is 8.78 Å². The first-order valence-corrected chi connectivity index (χ1v) is 10.5. The second kappa shape index (κ2) is 8.57. The van der Waals surface area contributed by atoms with E-state index in [2.05, 4.69) is 69.2 Å². The summed E-state index contributed by atoms with van der Waals surface area (Å²) in [7, 11) is 0. The van der Waals surface area contributed by atoms with Gasteiger partial charge in [0.15, 0.2) is 5.82 Å². The van der Waals surface area contributed by atoms with Crippen molar-refractivity contribution in [2.24, 2.45) is 0 Å². The van der Waals surface area contributed by atoms with Gasteiger partial charge < -0.3 is 9.80 Å². The normalized spacial score (nSPS) is 14.7. The first kappa shape index (κ1) is 21.2. The van der Waals surface area contributed by atoms with Crippen LogP contribution in [0.25, 0.3) is 0 Å². The second-order valence-electron chi connectivity index (χ2n) is 8.27. The van der Waals surface area contributed by atoms with Crippen LogP contribution in [0.1, 0.15) is 34.9 Å². The van der Waals surface area contributed by atoms with Crippen LogP contribution < -0.4 is 9.80 Å². The molecule has 1 aromatic carbocycles. The van der Waals surface area contributed by atoms with E-state index in [4.69, 9.17) is 0 Å². The van der Waals surface area contributed by atoms with E-state index in [9.17, 15) is 8.78 Å². The number of benzene rings is 1. The summed E-state index contributed by atoms with van der Waals surface area (Å²) in [5, 5.41) is 8.96. The highest BCUT2D eigenvalue weighted by molar-refractivity contribution is 5.49. The van der Waals surface area contributed by atoms with E-state index in [1.54, 1.807) is 6.07 Å². The summed E-state index contributed by atoms with van der Waals surface area (Å²) >= 11 is 0. The average Bonchev–Trinajstić information content (AvgIpc) is 2.75. The Hall–Kier alpha value is -3.09. The van der Waals surface area contributed by atoms with Gasteiger partial charge in [0.05, 0.1) is 5.69 Å². The molecule has 0 atom stereocenters. The van der Waals surface area contributed by atoms with E-state index in [1.165, 1.54) is 23.4 Å². The molecule has 0 bridgehead atoms. The van der Waals surface area contributed by atoms with E-state index in [0.717, 1.165) is 62.4 Å². The lowest BCUT2D eigenvalue weighted by atomic mass is 10.1. The standard InChI is InChI=1S/C24H27F2N5/c1-17-4-6-19(7-5-17)15-21-14-18(2)23(29-28-21)31-12-10-30(11-13-31)22-9-8-20(16-27-22)24(3,25)26/h4-9,14,16H,10-13,15H2,1-3H3. The number of halogens is 2. The lowest BCUT2D eigenvalue weighted by Gasteiger charge is -2.36. The Morgan fingerprint density at radius 3 is 2.16 bits per heavy atom. The van der Waals surface area contributed by atoms with Crippen molar-refractivity contribution in [2.75, 3.05) is 36.0 Å². The van der Waals surface area contributed by atoms with Gasteiger partial charge >= 0.3 is 0 Å². The molecule has 3 aromatic rings. The SMILES string of the molecule is Cc1ccc(Cc2cc(C)c(N3CCN(c4ccc(C(C)(F)F)cn4)CC3)nn2)cc1. The number of alkyl halides is 2. The summed E-state index contributed by atoms with van der Waals surface area (Å²) in [6.45, 7) is 8.09. The Morgan fingerprint density at radius 1 is 0.903 bits per heavy atom. The smallest absolute Gasteiger partial charge is 0.272 e. The lowest BCUT2D eigenvalue weighted by molar-refractivity contribution is 0.0171. The maximum Gasteiger partial charge on any atom is 0.272 e. The van der Waals surface area contributed by atoms with Gasteiger partial charge in [0.2, 0.25) is 0 Å². The molecule has 5 nitrogen and oxygen atoms in total. The van der Waals surface area contributed by atoms with Crippen LogP contribution in [0.2, 0.25) is 0 Å². The number of hydrogen-bond donors (Lipinski definition) is 0. The van der Waals surface area contributed by atoms with Crippen LogP contribution in [-0.2, 0) is 12.3 Å². The summed E-state index contributed by atoms with van der Waals surface area (Å²) in [5.41, 5.74) is 4.47. The van der Waals surface area contributed by atoms with Crippen LogP contribution in [0.3, 0.4) is 0 Å². The number of nitrogens with zero attached hydrogens (tertiary/aromatic N) is 5. The summed E-state index contributed by atoms with van der Waals surface area (Å²) in [6.07, 6.45) is 2.03. The molecule has 7 heteroatoms. The van der Waals surface area contributed by atoms with Crippen molar-refractivity contribution >= 4 is 11.6 Å². The number of piperazine rings is 1. The van der Waals surface area contributed by atoms with Crippen LogP contribution in [0, 0.1) is 13.8 Å². The van der Waals surface area contributed by atoms with Gasteiger partial charge in [-0.25, -0.2) is 13.8 Å². The molecule has 1 aliphatic heterocycles. The van der Waals surface area contributed by atoms with Gasteiger partial charge in [-0.3, -0.25) is 0 Å². The molecule has 4 rings (SSSR count). The zero-order valence-corrected chi connectivity index (χ0v) is 18.1. The second-order valence-corrected chi connectivity index (χ2v) is 8.27. The van der Waals surface area contributed by atoms with E-state index in [1.807, 2.05) is 0 Å². The van der Waals surface area contributed by atoms with E-state index in [0.29, 0.717) is 0 Å². The van der Waals surface area contributed by atoms with Crippen LogP contribution >= 0.6 is 0 Å². The predicted octanol–water partition coefficient (Wildman–Crippen LogP) is 4.52. The molecule has 1 aliphatic rings. The third-order valence-electron chi connectivity index (χ3n) is 5.67.